The molecule has 3 amide bonds. The Bertz CT molecular complexity index is 700. The molecule has 1 fully saturated rings. The molecule has 0 unspecified atom stereocenters. The Kier molecular flexibility index (Phi) is 5.05. The molecule has 1 aliphatic heterocycles. The number of rotatable bonds is 2. The van der Waals surface area contributed by atoms with Crippen LogP contribution in [0.2, 0.25) is 5.02 Å². The van der Waals surface area contributed by atoms with Gasteiger partial charge in [-0.15, -0.1) is 0 Å². The number of furan rings is 1. The van der Waals surface area contributed by atoms with Crippen LogP contribution >= 0.6 is 11.6 Å². The van der Waals surface area contributed by atoms with Crippen LogP contribution in [-0.4, -0.2) is 47.9 Å². The van der Waals surface area contributed by atoms with Crippen molar-refractivity contribution in [2.75, 3.05) is 31.5 Å². The number of benzene rings is 1. The van der Waals surface area contributed by atoms with E-state index in [9.17, 15) is 9.59 Å². The third-order valence-electron chi connectivity index (χ3n) is 3.90. The second kappa shape index (κ2) is 7.40. The third-order valence-corrected chi connectivity index (χ3v) is 4.15. The van der Waals surface area contributed by atoms with E-state index in [4.69, 9.17) is 16.0 Å². The molecule has 3 rings (SSSR count). The SMILES string of the molecule is O=C(Nc1ccc(Cl)cc1)N1CCCN(C(=O)c2ccco2)CC1. The molecule has 2 aromatic rings. The number of anilines is 1. The smallest absolute Gasteiger partial charge is 0.321 e. The molecular formula is C17H18ClN3O3. The molecule has 2 heterocycles. The van der Waals surface area contributed by atoms with E-state index in [-0.39, 0.29) is 11.9 Å². The molecule has 1 aliphatic rings. The summed E-state index contributed by atoms with van der Waals surface area (Å²) in [5.41, 5.74) is 0.692. The molecule has 1 saturated heterocycles. The minimum atomic E-state index is -0.176. The largest absolute Gasteiger partial charge is 0.459 e. The van der Waals surface area contributed by atoms with Crippen LogP contribution in [0.3, 0.4) is 0 Å². The van der Waals surface area contributed by atoms with Gasteiger partial charge in [0.1, 0.15) is 0 Å². The van der Waals surface area contributed by atoms with E-state index in [0.717, 1.165) is 6.42 Å². The molecule has 24 heavy (non-hydrogen) atoms. The summed E-state index contributed by atoms with van der Waals surface area (Å²) in [6, 6.07) is 10.1. The van der Waals surface area contributed by atoms with Crippen molar-refractivity contribution in [3.05, 3.63) is 53.4 Å². The van der Waals surface area contributed by atoms with Gasteiger partial charge in [-0.25, -0.2) is 4.79 Å². The number of nitrogens with zero attached hydrogens (tertiary/aromatic N) is 2. The van der Waals surface area contributed by atoms with Gasteiger partial charge < -0.3 is 19.5 Å². The van der Waals surface area contributed by atoms with Crippen molar-refractivity contribution in [3.8, 4) is 0 Å². The van der Waals surface area contributed by atoms with Crippen LogP contribution in [0, 0.1) is 0 Å². The maximum absolute atomic E-state index is 12.4. The molecule has 0 saturated carbocycles. The summed E-state index contributed by atoms with van der Waals surface area (Å²) >= 11 is 5.84. The van der Waals surface area contributed by atoms with Gasteiger partial charge in [-0.05, 0) is 42.8 Å². The maximum atomic E-state index is 12.4. The lowest BCUT2D eigenvalue weighted by molar-refractivity contribution is 0.0731. The topological polar surface area (TPSA) is 65.8 Å². The zero-order valence-electron chi connectivity index (χ0n) is 13.1. The Morgan fingerprint density at radius 3 is 2.42 bits per heavy atom. The Morgan fingerprint density at radius 2 is 1.71 bits per heavy atom. The molecule has 7 heteroatoms. The molecular weight excluding hydrogens is 330 g/mol. The number of urea groups is 1. The second-order valence-corrected chi connectivity index (χ2v) is 5.98. The highest BCUT2D eigenvalue weighted by molar-refractivity contribution is 6.30. The molecule has 1 N–H and O–H groups in total. The lowest BCUT2D eigenvalue weighted by Crippen LogP contribution is -2.39. The average Bonchev–Trinajstić information content (AvgIpc) is 3.00. The van der Waals surface area contributed by atoms with Crippen molar-refractivity contribution in [2.24, 2.45) is 0 Å². The van der Waals surface area contributed by atoms with Crippen LogP contribution < -0.4 is 5.32 Å². The van der Waals surface area contributed by atoms with Gasteiger partial charge in [0.2, 0.25) is 0 Å². The van der Waals surface area contributed by atoms with E-state index in [0.29, 0.717) is 42.6 Å². The lowest BCUT2D eigenvalue weighted by atomic mass is 10.3. The highest BCUT2D eigenvalue weighted by Crippen LogP contribution is 2.15. The third kappa shape index (κ3) is 3.89. The van der Waals surface area contributed by atoms with Crippen LogP contribution in [0.5, 0.6) is 0 Å². The van der Waals surface area contributed by atoms with Crippen LogP contribution in [0.1, 0.15) is 17.0 Å². The standard InChI is InChI=1S/C17H18ClN3O3/c18-13-4-6-14(7-5-13)19-17(23)21-9-2-8-20(10-11-21)16(22)15-3-1-12-24-15/h1,3-7,12H,2,8-11H2,(H,19,23). The molecule has 0 radical (unpaired) electrons. The van der Waals surface area contributed by atoms with Crippen LogP contribution in [-0.2, 0) is 0 Å². The number of carbonyl (C=O) groups excluding carboxylic acids is 2. The molecule has 0 atom stereocenters. The quantitative estimate of drug-likeness (QED) is 0.906. The zero-order chi connectivity index (χ0) is 16.9. The first-order chi connectivity index (χ1) is 11.6. The van der Waals surface area contributed by atoms with Crippen LogP contribution in [0.25, 0.3) is 0 Å². The Labute approximate surface area is 145 Å². The fourth-order valence-corrected chi connectivity index (χ4v) is 2.74. The van der Waals surface area contributed by atoms with E-state index in [1.807, 2.05) is 0 Å². The van der Waals surface area contributed by atoms with E-state index >= 15 is 0 Å². The summed E-state index contributed by atoms with van der Waals surface area (Å²) in [4.78, 5) is 28.1. The van der Waals surface area contributed by atoms with E-state index in [1.165, 1.54) is 6.26 Å². The van der Waals surface area contributed by atoms with Gasteiger partial charge >= 0.3 is 6.03 Å². The predicted octanol–water partition coefficient (Wildman–Crippen LogP) is 3.31. The Balaban J connectivity index is 1.57. The van der Waals surface area contributed by atoms with Crippen molar-refractivity contribution in [3.63, 3.8) is 0 Å². The molecule has 126 valence electrons. The summed E-state index contributed by atoms with van der Waals surface area (Å²) in [5.74, 6) is 0.189. The fourth-order valence-electron chi connectivity index (χ4n) is 2.62. The number of hydrogen-bond donors (Lipinski definition) is 1. The van der Waals surface area contributed by atoms with Gasteiger partial charge in [-0.1, -0.05) is 11.6 Å². The van der Waals surface area contributed by atoms with Gasteiger partial charge in [0.05, 0.1) is 6.26 Å². The fraction of sp³-hybridized carbons (Fsp3) is 0.294. The first-order valence-electron chi connectivity index (χ1n) is 7.78. The summed E-state index contributed by atoms with van der Waals surface area (Å²) in [5, 5.41) is 3.46. The van der Waals surface area contributed by atoms with E-state index < -0.39 is 0 Å². The zero-order valence-corrected chi connectivity index (χ0v) is 13.8. The van der Waals surface area contributed by atoms with E-state index in [2.05, 4.69) is 5.32 Å². The van der Waals surface area contributed by atoms with Gasteiger partial charge in [0.25, 0.3) is 5.91 Å². The second-order valence-electron chi connectivity index (χ2n) is 5.55. The average molecular weight is 348 g/mol. The number of nitrogens with one attached hydrogen (secondary N) is 1. The number of amides is 3. The normalized spacial score (nSPS) is 15.0. The Morgan fingerprint density at radius 1 is 1.00 bits per heavy atom. The van der Waals surface area contributed by atoms with Gasteiger partial charge in [-0.2, -0.15) is 0 Å². The number of halogens is 1. The van der Waals surface area contributed by atoms with Crippen molar-refractivity contribution in [1.29, 1.82) is 0 Å². The van der Waals surface area contributed by atoms with Crippen LogP contribution in [0.15, 0.2) is 47.1 Å². The molecule has 0 spiro atoms. The lowest BCUT2D eigenvalue weighted by Gasteiger charge is -2.22. The van der Waals surface area contributed by atoms with Gasteiger partial charge in [0.15, 0.2) is 5.76 Å². The monoisotopic (exact) mass is 347 g/mol. The van der Waals surface area contributed by atoms with Crippen molar-refractivity contribution < 1.29 is 14.0 Å². The first kappa shape index (κ1) is 16.4. The van der Waals surface area contributed by atoms with Crippen molar-refractivity contribution in [1.82, 2.24) is 9.80 Å². The predicted molar refractivity (Wildman–Crippen MR) is 91.3 cm³/mol. The van der Waals surface area contributed by atoms with Gasteiger partial charge in [-0.3, -0.25) is 4.79 Å². The number of carbonyl (C=O) groups is 2. The summed E-state index contributed by atoms with van der Waals surface area (Å²) in [7, 11) is 0. The first-order valence-corrected chi connectivity index (χ1v) is 8.15. The number of hydrogen-bond acceptors (Lipinski definition) is 3. The minimum Gasteiger partial charge on any atom is -0.459 e. The van der Waals surface area contributed by atoms with Gasteiger partial charge in [0, 0.05) is 36.9 Å². The summed E-state index contributed by atoms with van der Waals surface area (Å²) < 4.78 is 5.16. The van der Waals surface area contributed by atoms with Crippen LogP contribution in [0.4, 0.5) is 10.5 Å². The maximum Gasteiger partial charge on any atom is 0.321 e. The molecule has 1 aromatic carbocycles. The molecule has 1 aromatic heterocycles. The highest BCUT2D eigenvalue weighted by atomic mass is 35.5. The molecule has 0 bridgehead atoms. The summed E-state index contributed by atoms with van der Waals surface area (Å²) in [6.45, 7) is 2.16. The highest BCUT2D eigenvalue weighted by Gasteiger charge is 2.24. The van der Waals surface area contributed by atoms with Crippen molar-refractivity contribution in [2.45, 2.75) is 6.42 Å². The van der Waals surface area contributed by atoms with E-state index in [1.54, 1.807) is 46.2 Å². The summed E-state index contributed by atoms with van der Waals surface area (Å²) in [6.07, 6.45) is 2.21. The molecule has 0 aliphatic carbocycles. The Hall–Kier alpha value is -2.47. The molecule has 6 nitrogen and oxygen atoms in total. The minimum absolute atomic E-state index is 0.139. The van der Waals surface area contributed by atoms with Crippen molar-refractivity contribution >= 4 is 29.2 Å².